The minimum atomic E-state index is -0.333. The van der Waals surface area contributed by atoms with Gasteiger partial charge in [0.05, 0.1) is 18.8 Å². The summed E-state index contributed by atoms with van der Waals surface area (Å²) in [7, 11) is 5.88. The van der Waals surface area contributed by atoms with Crippen molar-refractivity contribution in [3.05, 3.63) is 63.6 Å². The Labute approximate surface area is 260 Å². The monoisotopic (exact) mass is 625 g/mol. The number of likely N-dealkylation sites (N-methyl/N-ethyl adjacent to an activating group) is 1. The van der Waals surface area contributed by atoms with Gasteiger partial charge in [-0.3, -0.25) is 9.78 Å². The molecule has 1 atom stereocenters. The predicted octanol–water partition coefficient (Wildman–Crippen LogP) is 6.01. The average Bonchev–Trinajstić information content (AvgIpc) is 3.53. The van der Waals surface area contributed by atoms with E-state index in [4.69, 9.17) is 27.9 Å². The van der Waals surface area contributed by atoms with E-state index in [1.807, 2.05) is 19.1 Å². The maximum absolute atomic E-state index is 12.9. The van der Waals surface area contributed by atoms with Gasteiger partial charge >= 0.3 is 6.03 Å². The number of piperidine rings is 1. The molecule has 2 fully saturated rings. The van der Waals surface area contributed by atoms with Crippen LogP contribution < -0.4 is 5.32 Å². The summed E-state index contributed by atoms with van der Waals surface area (Å²) in [4.78, 5) is 33.9. The molecule has 2 saturated heterocycles. The van der Waals surface area contributed by atoms with Crippen LogP contribution in [-0.4, -0.2) is 98.2 Å². The van der Waals surface area contributed by atoms with E-state index in [1.54, 1.807) is 29.0 Å². The summed E-state index contributed by atoms with van der Waals surface area (Å²) in [5, 5.41) is 4.12. The molecule has 3 amide bonds. The summed E-state index contributed by atoms with van der Waals surface area (Å²) in [5.41, 5.74) is 1.94. The van der Waals surface area contributed by atoms with Crippen molar-refractivity contribution in [2.24, 2.45) is 0 Å². The average molecular weight is 627 g/mol. The van der Waals surface area contributed by atoms with Gasteiger partial charge in [-0.2, -0.15) is 0 Å². The minimum absolute atomic E-state index is 0.0481. The van der Waals surface area contributed by atoms with E-state index in [1.165, 1.54) is 12.3 Å². The molecular formula is C31H46Cl2FN5O3. The van der Waals surface area contributed by atoms with Gasteiger partial charge in [0, 0.05) is 61.5 Å². The number of hydrogen-bond acceptors (Lipinski definition) is 5. The fourth-order valence-corrected chi connectivity index (χ4v) is 5.10. The van der Waals surface area contributed by atoms with Gasteiger partial charge in [-0.15, -0.1) is 0 Å². The molecule has 8 nitrogen and oxygen atoms in total. The molecule has 0 aliphatic carbocycles. The van der Waals surface area contributed by atoms with Crippen LogP contribution in [0.1, 0.15) is 56.2 Å². The van der Waals surface area contributed by atoms with Gasteiger partial charge in [-0.1, -0.05) is 36.2 Å². The van der Waals surface area contributed by atoms with Crippen molar-refractivity contribution in [1.82, 2.24) is 25.0 Å². The summed E-state index contributed by atoms with van der Waals surface area (Å²) in [5.74, 6) is -0.123. The van der Waals surface area contributed by atoms with Crippen LogP contribution in [0.15, 0.2) is 36.5 Å². The third kappa shape index (κ3) is 12.8. The standard InChI is InChI=1S/C17H23FN4O2.C7H6Cl2.C7H17NO/c18-14-3-4-15(19-11-14)13-5-9-21(10-6-13)16(23)12-20-17(24)22-7-1-2-8-22;1-5-2-3-6(8)4-7(5)9;1-5-7(9-4)6-8(2)3/h3-4,11,13H,1-2,5-10,12H2,(H,20,24);2-4H,1H3;7H,5-6H2,1-4H3. The Morgan fingerprint density at radius 1 is 1.10 bits per heavy atom. The first-order valence-corrected chi connectivity index (χ1v) is 15.3. The number of ether oxygens (including phenoxy) is 1. The molecule has 2 aliphatic heterocycles. The first-order valence-electron chi connectivity index (χ1n) is 14.5. The number of carbonyl (C=O) groups is 2. The van der Waals surface area contributed by atoms with Crippen molar-refractivity contribution < 1.29 is 18.7 Å². The van der Waals surface area contributed by atoms with E-state index in [0.29, 0.717) is 24.2 Å². The second-order valence-electron chi connectivity index (χ2n) is 10.8. The van der Waals surface area contributed by atoms with Crippen molar-refractivity contribution in [2.75, 3.05) is 60.5 Å². The summed E-state index contributed by atoms with van der Waals surface area (Å²) in [6.45, 7) is 7.98. The molecule has 11 heteroatoms. The molecule has 4 rings (SSSR count). The number of aromatic nitrogens is 1. The van der Waals surface area contributed by atoms with Crippen LogP contribution in [0.4, 0.5) is 9.18 Å². The molecule has 0 bridgehead atoms. The van der Waals surface area contributed by atoms with Gasteiger partial charge in [0.15, 0.2) is 0 Å². The number of likely N-dealkylation sites (tertiary alicyclic amines) is 2. The Bertz CT molecular complexity index is 1090. The largest absolute Gasteiger partial charge is 0.380 e. The molecule has 0 spiro atoms. The predicted molar refractivity (Wildman–Crippen MR) is 168 cm³/mol. The number of hydrogen-bond donors (Lipinski definition) is 1. The number of urea groups is 1. The second kappa shape index (κ2) is 18.9. The van der Waals surface area contributed by atoms with Crippen LogP contribution in [0.2, 0.25) is 10.0 Å². The zero-order valence-electron chi connectivity index (χ0n) is 25.5. The minimum Gasteiger partial charge on any atom is -0.380 e. The SMILES string of the molecule is CCC(CN(C)C)OC.Cc1ccc(Cl)cc1Cl.O=C(CNC(=O)N1CCCC1)N1CCC(c2ccc(F)cn2)CC1. The van der Waals surface area contributed by atoms with Crippen molar-refractivity contribution in [2.45, 2.75) is 58.0 Å². The van der Waals surface area contributed by atoms with E-state index in [0.717, 1.165) is 68.0 Å². The summed E-state index contributed by atoms with van der Waals surface area (Å²) in [6, 6.07) is 8.44. The second-order valence-corrected chi connectivity index (χ2v) is 11.7. The van der Waals surface area contributed by atoms with Gasteiger partial charge < -0.3 is 24.8 Å². The molecule has 234 valence electrons. The maximum atomic E-state index is 12.9. The molecule has 1 aromatic heterocycles. The smallest absolute Gasteiger partial charge is 0.317 e. The number of halogens is 3. The van der Waals surface area contributed by atoms with Gasteiger partial charge in [-0.05, 0) is 83.0 Å². The Morgan fingerprint density at radius 2 is 1.76 bits per heavy atom. The molecule has 3 heterocycles. The number of carbonyl (C=O) groups excluding carboxylic acids is 2. The van der Waals surface area contributed by atoms with Gasteiger partial charge in [-0.25, -0.2) is 9.18 Å². The lowest BCUT2D eigenvalue weighted by Crippen LogP contribution is -2.46. The molecule has 1 N–H and O–H groups in total. The molecule has 42 heavy (non-hydrogen) atoms. The topological polar surface area (TPSA) is 78.0 Å². The van der Waals surface area contributed by atoms with Crippen LogP contribution in [0, 0.1) is 12.7 Å². The number of rotatable bonds is 7. The summed E-state index contributed by atoms with van der Waals surface area (Å²) < 4.78 is 18.1. The lowest BCUT2D eigenvalue weighted by molar-refractivity contribution is -0.131. The molecule has 1 aromatic carbocycles. The fraction of sp³-hybridized carbons (Fsp3) is 0.581. The van der Waals surface area contributed by atoms with Gasteiger partial charge in [0.25, 0.3) is 0 Å². The van der Waals surface area contributed by atoms with Crippen LogP contribution in [-0.2, 0) is 9.53 Å². The maximum Gasteiger partial charge on any atom is 0.317 e. The third-order valence-corrected chi connectivity index (χ3v) is 7.93. The van der Waals surface area contributed by atoms with Crippen LogP contribution in [0.5, 0.6) is 0 Å². The Kier molecular flexibility index (Phi) is 16.1. The van der Waals surface area contributed by atoms with E-state index < -0.39 is 0 Å². The molecule has 2 aromatic rings. The van der Waals surface area contributed by atoms with E-state index in [-0.39, 0.29) is 30.2 Å². The Hall–Kier alpha value is -2.46. The number of benzene rings is 1. The highest BCUT2D eigenvalue weighted by Gasteiger charge is 2.25. The van der Waals surface area contributed by atoms with E-state index in [2.05, 4.69) is 36.2 Å². The first kappa shape index (κ1) is 35.7. The third-order valence-electron chi connectivity index (χ3n) is 7.29. The van der Waals surface area contributed by atoms with Crippen LogP contribution >= 0.6 is 23.2 Å². The Morgan fingerprint density at radius 3 is 2.24 bits per heavy atom. The highest BCUT2D eigenvalue weighted by atomic mass is 35.5. The van der Waals surface area contributed by atoms with E-state index >= 15 is 0 Å². The van der Waals surface area contributed by atoms with E-state index in [9.17, 15) is 14.0 Å². The van der Waals surface area contributed by atoms with Crippen molar-refractivity contribution in [3.8, 4) is 0 Å². The molecule has 2 aliphatic rings. The Balaban J connectivity index is 0.000000281. The summed E-state index contributed by atoms with van der Waals surface area (Å²) in [6.07, 6.45) is 6.42. The zero-order valence-corrected chi connectivity index (χ0v) is 27.1. The quantitative estimate of drug-likeness (QED) is 0.408. The molecule has 0 radical (unpaired) electrons. The number of methoxy groups -OCH3 is 1. The fourth-order valence-electron chi connectivity index (χ4n) is 4.69. The number of nitrogens with zero attached hydrogens (tertiary/aromatic N) is 4. The molecule has 0 saturated carbocycles. The van der Waals surface area contributed by atoms with Gasteiger partial charge in [0.1, 0.15) is 5.82 Å². The van der Waals surface area contributed by atoms with Crippen LogP contribution in [0.25, 0.3) is 0 Å². The highest BCUT2D eigenvalue weighted by molar-refractivity contribution is 6.35. The number of pyridine rings is 1. The lowest BCUT2D eigenvalue weighted by atomic mass is 9.93. The van der Waals surface area contributed by atoms with Crippen LogP contribution in [0.3, 0.4) is 0 Å². The number of aryl methyl sites for hydroxylation is 1. The highest BCUT2D eigenvalue weighted by Crippen LogP contribution is 2.26. The zero-order chi connectivity index (χ0) is 31.1. The van der Waals surface area contributed by atoms with Crippen molar-refractivity contribution >= 4 is 35.1 Å². The normalized spacial score (nSPS) is 15.8. The van der Waals surface area contributed by atoms with Crippen molar-refractivity contribution in [1.29, 1.82) is 0 Å². The first-order chi connectivity index (χ1) is 20.0. The molecule has 1 unspecified atom stereocenters. The molecular weight excluding hydrogens is 580 g/mol. The van der Waals surface area contributed by atoms with Gasteiger partial charge in [0.2, 0.25) is 5.91 Å². The number of nitrogens with one attached hydrogen (secondary N) is 1. The lowest BCUT2D eigenvalue weighted by Gasteiger charge is -2.32. The summed E-state index contributed by atoms with van der Waals surface area (Å²) >= 11 is 11.4. The van der Waals surface area contributed by atoms with Crippen molar-refractivity contribution in [3.63, 3.8) is 0 Å². The number of amides is 3.